The molecule has 0 spiro atoms. The molecule has 0 unspecified atom stereocenters. The maximum atomic E-state index is 5.96. The topological polar surface area (TPSA) is 44.2 Å². The van der Waals surface area contributed by atoms with E-state index in [4.69, 9.17) is 9.47 Å². The van der Waals surface area contributed by atoms with Gasteiger partial charge in [-0.25, -0.2) is 0 Å². The van der Waals surface area contributed by atoms with Gasteiger partial charge in [-0.3, -0.25) is 9.97 Å². The minimum atomic E-state index is 0.0762. The number of nitrogens with zero attached hydrogens (tertiary/aromatic N) is 2. The van der Waals surface area contributed by atoms with Gasteiger partial charge >= 0.3 is 0 Å². The van der Waals surface area contributed by atoms with E-state index >= 15 is 0 Å². The van der Waals surface area contributed by atoms with Crippen LogP contribution in [0.4, 0.5) is 0 Å². The lowest BCUT2D eigenvalue weighted by Crippen LogP contribution is -2.22. The first-order valence-electron chi connectivity index (χ1n) is 6.48. The van der Waals surface area contributed by atoms with Crippen LogP contribution in [0, 0.1) is 0 Å². The molecule has 3 heterocycles. The molecular weight excluding hydrogens is 240 g/mol. The Morgan fingerprint density at radius 1 is 0.895 bits per heavy atom. The van der Waals surface area contributed by atoms with Gasteiger partial charge in [-0.2, -0.15) is 0 Å². The van der Waals surface area contributed by atoms with Crippen LogP contribution in [-0.2, 0) is 0 Å². The van der Waals surface area contributed by atoms with Crippen molar-refractivity contribution in [3.05, 3.63) is 36.7 Å². The van der Waals surface area contributed by atoms with Crippen molar-refractivity contribution in [2.45, 2.75) is 32.5 Å². The minimum Gasteiger partial charge on any atom is -0.488 e. The van der Waals surface area contributed by atoms with E-state index in [0.717, 1.165) is 29.3 Å². The van der Waals surface area contributed by atoms with Crippen LogP contribution < -0.4 is 9.47 Å². The van der Waals surface area contributed by atoms with E-state index in [0.29, 0.717) is 0 Å². The summed E-state index contributed by atoms with van der Waals surface area (Å²) in [6.07, 6.45) is 4.46. The number of fused-ring (bicyclic) bond motifs is 3. The molecular formula is C15H16N2O2. The zero-order chi connectivity index (χ0) is 13.2. The lowest BCUT2D eigenvalue weighted by atomic mass is 10.2. The van der Waals surface area contributed by atoms with Gasteiger partial charge in [0.2, 0.25) is 0 Å². The van der Waals surface area contributed by atoms with Gasteiger partial charge in [0.15, 0.2) is 0 Å². The zero-order valence-electron chi connectivity index (χ0n) is 11.0. The minimum absolute atomic E-state index is 0.0762. The van der Waals surface area contributed by atoms with Crippen molar-refractivity contribution in [1.29, 1.82) is 0 Å². The summed E-state index contributed by atoms with van der Waals surface area (Å²) in [4.78, 5) is 8.79. The molecule has 1 aliphatic heterocycles. The molecule has 3 rings (SSSR count). The fourth-order valence-electron chi connectivity index (χ4n) is 2.32. The molecule has 4 nitrogen and oxygen atoms in total. The lowest BCUT2D eigenvalue weighted by molar-refractivity contribution is 0.134. The Hall–Kier alpha value is -2.10. The van der Waals surface area contributed by atoms with Crippen molar-refractivity contribution in [3.8, 4) is 22.9 Å². The summed E-state index contributed by atoms with van der Waals surface area (Å²) in [5, 5.41) is 0. The number of aromatic nitrogens is 2. The second kappa shape index (κ2) is 4.88. The maximum Gasteiger partial charge on any atom is 0.147 e. The highest BCUT2D eigenvalue weighted by Gasteiger charge is 2.21. The summed E-state index contributed by atoms with van der Waals surface area (Å²) >= 11 is 0. The van der Waals surface area contributed by atoms with E-state index in [1.807, 2.05) is 38.1 Å². The maximum absolute atomic E-state index is 5.96. The van der Waals surface area contributed by atoms with Crippen molar-refractivity contribution in [2.24, 2.45) is 0 Å². The smallest absolute Gasteiger partial charge is 0.147 e. The summed E-state index contributed by atoms with van der Waals surface area (Å²) in [6.45, 7) is 4.08. The number of pyridine rings is 2. The highest BCUT2D eigenvalue weighted by Crippen LogP contribution is 2.35. The van der Waals surface area contributed by atoms with Crippen LogP contribution in [0.1, 0.15) is 20.3 Å². The van der Waals surface area contributed by atoms with E-state index in [1.165, 1.54) is 0 Å². The van der Waals surface area contributed by atoms with Crippen molar-refractivity contribution in [3.63, 3.8) is 0 Å². The first-order chi connectivity index (χ1) is 9.24. The highest BCUT2D eigenvalue weighted by atomic mass is 16.5. The Morgan fingerprint density at radius 3 is 1.84 bits per heavy atom. The molecule has 0 saturated carbocycles. The fourth-order valence-corrected chi connectivity index (χ4v) is 2.32. The van der Waals surface area contributed by atoms with Crippen LogP contribution in [0.3, 0.4) is 0 Å². The first kappa shape index (κ1) is 12.0. The van der Waals surface area contributed by atoms with Gasteiger partial charge in [0, 0.05) is 18.8 Å². The van der Waals surface area contributed by atoms with Crippen molar-refractivity contribution in [1.82, 2.24) is 9.97 Å². The quantitative estimate of drug-likeness (QED) is 0.726. The van der Waals surface area contributed by atoms with Gasteiger partial charge in [0.1, 0.15) is 22.9 Å². The summed E-state index contributed by atoms with van der Waals surface area (Å²) < 4.78 is 11.9. The highest BCUT2D eigenvalue weighted by molar-refractivity contribution is 5.68. The lowest BCUT2D eigenvalue weighted by Gasteiger charge is -2.18. The molecule has 0 fully saturated rings. The van der Waals surface area contributed by atoms with Crippen LogP contribution in [0.2, 0.25) is 0 Å². The number of hydrogen-bond donors (Lipinski definition) is 0. The van der Waals surface area contributed by atoms with Crippen LogP contribution in [-0.4, -0.2) is 22.2 Å². The largest absolute Gasteiger partial charge is 0.488 e. The molecule has 2 atom stereocenters. The third-order valence-corrected chi connectivity index (χ3v) is 3.09. The van der Waals surface area contributed by atoms with E-state index in [-0.39, 0.29) is 12.2 Å². The average Bonchev–Trinajstić information content (AvgIpc) is 2.44. The molecule has 0 amide bonds. The molecule has 19 heavy (non-hydrogen) atoms. The third kappa shape index (κ3) is 2.38. The summed E-state index contributed by atoms with van der Waals surface area (Å²) in [5.74, 6) is 1.51. The van der Waals surface area contributed by atoms with Gasteiger partial charge in [-0.15, -0.1) is 0 Å². The predicted molar refractivity (Wildman–Crippen MR) is 72.3 cm³/mol. The normalized spacial score (nSPS) is 21.8. The van der Waals surface area contributed by atoms with Gasteiger partial charge < -0.3 is 9.47 Å². The Kier molecular flexibility index (Phi) is 3.07. The van der Waals surface area contributed by atoms with E-state index in [1.54, 1.807) is 12.4 Å². The Labute approximate surface area is 112 Å². The molecule has 2 aromatic heterocycles. The monoisotopic (exact) mass is 256 g/mol. The van der Waals surface area contributed by atoms with Crippen LogP contribution in [0.5, 0.6) is 11.5 Å². The molecule has 0 radical (unpaired) electrons. The molecule has 0 bridgehead atoms. The summed E-state index contributed by atoms with van der Waals surface area (Å²) in [5.41, 5.74) is 1.47. The van der Waals surface area contributed by atoms with Crippen molar-refractivity contribution in [2.75, 3.05) is 0 Å². The van der Waals surface area contributed by atoms with Gasteiger partial charge in [-0.1, -0.05) is 0 Å². The number of hydrogen-bond acceptors (Lipinski definition) is 4. The number of rotatable bonds is 0. The molecule has 4 heteroatoms. The van der Waals surface area contributed by atoms with Gasteiger partial charge in [-0.05, 0) is 38.1 Å². The predicted octanol–water partition coefficient (Wildman–Crippen LogP) is 3.08. The third-order valence-electron chi connectivity index (χ3n) is 3.09. The van der Waals surface area contributed by atoms with E-state index in [9.17, 15) is 0 Å². The van der Waals surface area contributed by atoms with Crippen molar-refractivity contribution < 1.29 is 9.47 Å². The fraction of sp³-hybridized carbons (Fsp3) is 0.333. The van der Waals surface area contributed by atoms with E-state index < -0.39 is 0 Å². The van der Waals surface area contributed by atoms with Crippen LogP contribution in [0.15, 0.2) is 36.7 Å². The molecule has 0 N–H and O–H groups in total. The Balaban J connectivity index is 2.17. The molecule has 2 aromatic rings. The Morgan fingerprint density at radius 2 is 1.37 bits per heavy atom. The van der Waals surface area contributed by atoms with Gasteiger partial charge in [0.05, 0.1) is 12.2 Å². The molecule has 0 aliphatic carbocycles. The SMILES string of the molecule is C[C@H]1C[C@H](C)Oc2cccnc2-c2ncccc2O1. The Bertz CT molecular complexity index is 534. The molecule has 0 saturated heterocycles. The average molecular weight is 256 g/mol. The van der Waals surface area contributed by atoms with Gasteiger partial charge in [0.25, 0.3) is 0 Å². The zero-order valence-corrected chi connectivity index (χ0v) is 11.0. The van der Waals surface area contributed by atoms with Crippen LogP contribution >= 0.6 is 0 Å². The molecule has 98 valence electrons. The summed E-state index contributed by atoms with van der Waals surface area (Å²) in [6, 6.07) is 7.59. The van der Waals surface area contributed by atoms with Crippen molar-refractivity contribution >= 4 is 0 Å². The second-order valence-corrected chi connectivity index (χ2v) is 4.79. The van der Waals surface area contributed by atoms with E-state index in [2.05, 4.69) is 9.97 Å². The van der Waals surface area contributed by atoms with Crippen LogP contribution in [0.25, 0.3) is 11.4 Å². The standard InChI is InChI=1S/C15H16N2O2/c1-10-9-11(2)19-13-6-4-8-17-15(13)14-12(18-10)5-3-7-16-14/h3-8,10-11H,9H2,1-2H3/t10-,11-/m0/s1. The first-order valence-corrected chi connectivity index (χ1v) is 6.48. The number of ether oxygens (including phenoxy) is 2. The summed E-state index contributed by atoms with van der Waals surface area (Å²) in [7, 11) is 0. The molecule has 0 aromatic carbocycles. The molecule has 1 aliphatic rings. The second-order valence-electron chi connectivity index (χ2n) is 4.79.